The van der Waals surface area contributed by atoms with Gasteiger partial charge in [0.2, 0.25) is 0 Å². The average Bonchev–Trinajstić information content (AvgIpc) is 2.97. The van der Waals surface area contributed by atoms with E-state index in [1.807, 2.05) is 37.3 Å². The summed E-state index contributed by atoms with van der Waals surface area (Å²) < 4.78 is 0. The van der Waals surface area contributed by atoms with Crippen molar-refractivity contribution in [2.75, 3.05) is 0 Å². The molecule has 3 nitrogen and oxygen atoms in total. The second-order valence-electron chi connectivity index (χ2n) is 6.23. The second kappa shape index (κ2) is 7.09. The van der Waals surface area contributed by atoms with Crippen LogP contribution >= 0.6 is 23.1 Å². The summed E-state index contributed by atoms with van der Waals surface area (Å²) in [6.45, 7) is 4.13. The molecule has 0 amide bonds. The highest BCUT2D eigenvalue weighted by atomic mass is 32.2. The standard InChI is InChI=1S/C21H18N2OS2/c1-13-7-6-8-15(11-13)12-25-21-22-19(24)18-17(14(2)26-20(18)23-21)16-9-4-3-5-10-16/h3-11H,12H2,1-2H3,(H,22,23,24). The highest BCUT2D eigenvalue weighted by molar-refractivity contribution is 7.98. The molecule has 2 aromatic carbocycles. The zero-order valence-electron chi connectivity index (χ0n) is 14.6. The molecule has 130 valence electrons. The number of nitrogens with one attached hydrogen (secondary N) is 1. The van der Waals surface area contributed by atoms with Gasteiger partial charge in [-0.15, -0.1) is 11.3 Å². The highest BCUT2D eigenvalue weighted by Crippen LogP contribution is 2.36. The van der Waals surface area contributed by atoms with Crippen molar-refractivity contribution in [1.82, 2.24) is 9.97 Å². The monoisotopic (exact) mass is 378 g/mol. The van der Waals surface area contributed by atoms with Gasteiger partial charge < -0.3 is 4.98 Å². The summed E-state index contributed by atoms with van der Waals surface area (Å²) in [5, 5.41) is 1.36. The van der Waals surface area contributed by atoms with Crippen molar-refractivity contribution in [3.63, 3.8) is 0 Å². The number of benzene rings is 2. The van der Waals surface area contributed by atoms with Crippen LogP contribution in [0.5, 0.6) is 0 Å². The largest absolute Gasteiger partial charge is 0.301 e. The molecule has 0 aliphatic heterocycles. The van der Waals surface area contributed by atoms with Gasteiger partial charge in [-0.05, 0) is 25.0 Å². The van der Waals surface area contributed by atoms with Gasteiger partial charge in [-0.1, -0.05) is 71.9 Å². The number of hydrogen-bond acceptors (Lipinski definition) is 4. The van der Waals surface area contributed by atoms with E-state index >= 15 is 0 Å². The maximum Gasteiger partial charge on any atom is 0.260 e. The molecule has 2 aromatic heterocycles. The van der Waals surface area contributed by atoms with Crippen molar-refractivity contribution in [1.29, 1.82) is 0 Å². The van der Waals surface area contributed by atoms with Gasteiger partial charge in [0.1, 0.15) is 4.83 Å². The number of aromatic nitrogens is 2. The van der Waals surface area contributed by atoms with E-state index in [4.69, 9.17) is 4.98 Å². The quantitative estimate of drug-likeness (QED) is 0.373. The third-order valence-corrected chi connectivity index (χ3v) is 6.18. The summed E-state index contributed by atoms with van der Waals surface area (Å²) in [5.74, 6) is 0.784. The first-order valence-corrected chi connectivity index (χ1v) is 10.2. The Kier molecular flexibility index (Phi) is 4.66. The Morgan fingerprint density at radius 2 is 1.88 bits per heavy atom. The minimum Gasteiger partial charge on any atom is -0.301 e. The molecule has 0 saturated carbocycles. The van der Waals surface area contributed by atoms with E-state index in [1.165, 1.54) is 11.1 Å². The second-order valence-corrected chi connectivity index (χ2v) is 8.40. The first-order valence-electron chi connectivity index (χ1n) is 8.39. The molecule has 26 heavy (non-hydrogen) atoms. The molecule has 0 fully saturated rings. The van der Waals surface area contributed by atoms with Crippen LogP contribution in [0.4, 0.5) is 0 Å². The first-order chi connectivity index (χ1) is 12.6. The van der Waals surface area contributed by atoms with Crippen LogP contribution in [-0.4, -0.2) is 9.97 Å². The molecule has 0 radical (unpaired) electrons. The van der Waals surface area contributed by atoms with Crippen molar-refractivity contribution in [3.05, 3.63) is 81.0 Å². The lowest BCUT2D eigenvalue weighted by molar-refractivity contribution is 0.980. The SMILES string of the molecule is Cc1cccc(CSc2nc3sc(C)c(-c4ccccc4)c3c(=O)[nH]2)c1. The van der Waals surface area contributed by atoms with E-state index in [-0.39, 0.29) is 5.56 Å². The van der Waals surface area contributed by atoms with Crippen molar-refractivity contribution in [2.24, 2.45) is 0 Å². The summed E-state index contributed by atoms with van der Waals surface area (Å²) in [6.07, 6.45) is 0. The minimum absolute atomic E-state index is 0.0649. The number of hydrogen-bond donors (Lipinski definition) is 1. The third-order valence-electron chi connectivity index (χ3n) is 4.24. The fourth-order valence-corrected chi connectivity index (χ4v) is 4.98. The maximum atomic E-state index is 12.8. The Morgan fingerprint density at radius 1 is 1.08 bits per heavy atom. The number of aromatic amines is 1. The fourth-order valence-electron chi connectivity index (χ4n) is 3.07. The van der Waals surface area contributed by atoms with Gasteiger partial charge in [0.05, 0.1) is 5.39 Å². The van der Waals surface area contributed by atoms with Crippen LogP contribution in [-0.2, 0) is 5.75 Å². The van der Waals surface area contributed by atoms with Crippen LogP contribution in [0, 0.1) is 13.8 Å². The lowest BCUT2D eigenvalue weighted by Crippen LogP contribution is -2.08. The third kappa shape index (κ3) is 3.32. The number of H-pyrrole nitrogens is 1. The molecule has 0 saturated heterocycles. The molecule has 2 heterocycles. The van der Waals surface area contributed by atoms with Crippen molar-refractivity contribution >= 4 is 33.3 Å². The summed E-state index contributed by atoms with van der Waals surface area (Å²) in [7, 11) is 0. The molecule has 4 aromatic rings. The summed E-state index contributed by atoms with van der Waals surface area (Å²) in [5.41, 5.74) is 4.45. The molecule has 0 unspecified atom stereocenters. The van der Waals surface area contributed by atoms with Crippen molar-refractivity contribution < 1.29 is 0 Å². The van der Waals surface area contributed by atoms with E-state index in [0.717, 1.165) is 26.6 Å². The number of nitrogens with zero attached hydrogens (tertiary/aromatic N) is 1. The van der Waals surface area contributed by atoms with Gasteiger partial charge in [-0.3, -0.25) is 4.79 Å². The average molecular weight is 379 g/mol. The van der Waals surface area contributed by atoms with E-state index in [2.05, 4.69) is 36.2 Å². The van der Waals surface area contributed by atoms with E-state index in [1.54, 1.807) is 23.1 Å². The molecule has 1 N–H and O–H groups in total. The first kappa shape index (κ1) is 17.1. The lowest BCUT2D eigenvalue weighted by atomic mass is 10.0. The lowest BCUT2D eigenvalue weighted by Gasteiger charge is -2.04. The van der Waals surface area contributed by atoms with Crippen molar-refractivity contribution in [2.45, 2.75) is 24.8 Å². The molecule has 4 rings (SSSR count). The van der Waals surface area contributed by atoms with Crippen LogP contribution in [0.15, 0.2) is 64.5 Å². The van der Waals surface area contributed by atoms with Gasteiger partial charge in [-0.2, -0.15) is 0 Å². The number of thiophene rings is 1. The van der Waals surface area contributed by atoms with E-state index in [9.17, 15) is 4.79 Å². The van der Waals surface area contributed by atoms with Crippen LogP contribution < -0.4 is 5.56 Å². The zero-order valence-corrected chi connectivity index (χ0v) is 16.2. The highest BCUT2D eigenvalue weighted by Gasteiger charge is 2.16. The Balaban J connectivity index is 1.71. The molecule has 0 spiro atoms. The van der Waals surface area contributed by atoms with E-state index in [0.29, 0.717) is 10.5 Å². The minimum atomic E-state index is -0.0649. The fraction of sp³-hybridized carbons (Fsp3) is 0.143. The number of aryl methyl sites for hydroxylation is 2. The number of rotatable bonds is 4. The zero-order chi connectivity index (χ0) is 18.1. The van der Waals surface area contributed by atoms with Crippen molar-refractivity contribution in [3.8, 4) is 11.1 Å². The van der Waals surface area contributed by atoms with Crippen LogP contribution in [0.2, 0.25) is 0 Å². The Hall–Kier alpha value is -2.37. The summed E-state index contributed by atoms with van der Waals surface area (Å²) >= 11 is 3.14. The van der Waals surface area contributed by atoms with Crippen LogP contribution in [0.3, 0.4) is 0 Å². The Morgan fingerprint density at radius 3 is 2.65 bits per heavy atom. The number of thioether (sulfide) groups is 1. The van der Waals surface area contributed by atoms with Gasteiger partial charge in [-0.25, -0.2) is 4.98 Å². The van der Waals surface area contributed by atoms with Gasteiger partial charge in [0, 0.05) is 16.2 Å². The molecular weight excluding hydrogens is 360 g/mol. The molecule has 5 heteroatoms. The smallest absolute Gasteiger partial charge is 0.260 e. The van der Waals surface area contributed by atoms with Gasteiger partial charge in [0.25, 0.3) is 5.56 Å². The Bertz CT molecular complexity index is 1130. The maximum absolute atomic E-state index is 12.8. The molecule has 0 bridgehead atoms. The topological polar surface area (TPSA) is 45.8 Å². The number of fused-ring (bicyclic) bond motifs is 1. The Labute approximate surface area is 160 Å². The van der Waals surface area contributed by atoms with Crippen LogP contribution in [0.25, 0.3) is 21.3 Å². The van der Waals surface area contributed by atoms with Gasteiger partial charge >= 0.3 is 0 Å². The predicted octanol–water partition coefficient (Wildman–Crippen LogP) is 5.56. The molecular formula is C21H18N2OS2. The normalized spacial score (nSPS) is 11.2. The summed E-state index contributed by atoms with van der Waals surface area (Å²) in [6, 6.07) is 18.4. The molecule has 0 atom stereocenters. The van der Waals surface area contributed by atoms with E-state index < -0.39 is 0 Å². The van der Waals surface area contributed by atoms with Crippen LogP contribution in [0.1, 0.15) is 16.0 Å². The predicted molar refractivity (Wildman–Crippen MR) is 111 cm³/mol. The van der Waals surface area contributed by atoms with Gasteiger partial charge in [0.15, 0.2) is 5.16 Å². The molecule has 0 aliphatic carbocycles. The molecule has 0 aliphatic rings. The summed E-state index contributed by atoms with van der Waals surface area (Å²) in [4.78, 5) is 22.4.